The predicted octanol–water partition coefficient (Wildman–Crippen LogP) is 3.26. The van der Waals surface area contributed by atoms with E-state index in [0.717, 1.165) is 47.1 Å². The van der Waals surface area contributed by atoms with Crippen molar-refractivity contribution < 1.29 is 4.42 Å². The van der Waals surface area contributed by atoms with E-state index in [9.17, 15) is 0 Å². The van der Waals surface area contributed by atoms with Gasteiger partial charge in [0.1, 0.15) is 5.52 Å². The molecule has 1 N–H and O–H groups in total. The molecule has 17 heavy (non-hydrogen) atoms. The summed E-state index contributed by atoms with van der Waals surface area (Å²) in [7, 11) is 0. The first-order valence-corrected chi connectivity index (χ1v) is 6.39. The highest BCUT2D eigenvalue weighted by Crippen LogP contribution is 2.29. The van der Waals surface area contributed by atoms with Crippen LogP contribution in [0.2, 0.25) is 5.02 Å². The summed E-state index contributed by atoms with van der Waals surface area (Å²) in [6.07, 6.45) is 2.33. The lowest BCUT2D eigenvalue weighted by atomic mass is 10.00. The second-order valence-corrected chi connectivity index (χ2v) is 5.10. The smallest absolute Gasteiger partial charge is 0.199 e. The number of oxazole rings is 1. The van der Waals surface area contributed by atoms with Gasteiger partial charge in [0, 0.05) is 17.5 Å². The summed E-state index contributed by atoms with van der Waals surface area (Å²) in [4.78, 5) is 4.57. The van der Waals surface area contributed by atoms with Crippen LogP contribution in [0.4, 0.5) is 0 Å². The molecule has 1 fully saturated rings. The highest BCUT2D eigenvalue weighted by atomic mass is 35.5. The van der Waals surface area contributed by atoms with Gasteiger partial charge in [-0.15, -0.1) is 0 Å². The van der Waals surface area contributed by atoms with Crippen LogP contribution < -0.4 is 5.32 Å². The first-order valence-electron chi connectivity index (χ1n) is 6.01. The second kappa shape index (κ2) is 4.31. The summed E-state index contributed by atoms with van der Waals surface area (Å²) in [6, 6.07) is 3.78. The Morgan fingerprint density at radius 1 is 1.47 bits per heavy atom. The largest absolute Gasteiger partial charge is 0.440 e. The molecule has 0 aliphatic carbocycles. The summed E-state index contributed by atoms with van der Waals surface area (Å²) in [6.45, 7) is 4.06. The molecule has 3 rings (SSSR count). The van der Waals surface area contributed by atoms with Crippen molar-refractivity contribution in [2.75, 3.05) is 13.1 Å². The van der Waals surface area contributed by atoms with Crippen molar-refractivity contribution in [2.24, 2.45) is 0 Å². The molecule has 1 aromatic carbocycles. The van der Waals surface area contributed by atoms with Gasteiger partial charge in [-0.05, 0) is 44.0 Å². The number of hydrogen-bond donors (Lipinski definition) is 1. The van der Waals surface area contributed by atoms with Crippen LogP contribution in [-0.2, 0) is 0 Å². The van der Waals surface area contributed by atoms with Crippen molar-refractivity contribution in [3.05, 3.63) is 28.6 Å². The van der Waals surface area contributed by atoms with Crippen LogP contribution in [0.5, 0.6) is 0 Å². The monoisotopic (exact) mass is 250 g/mol. The van der Waals surface area contributed by atoms with Gasteiger partial charge in [0.05, 0.1) is 0 Å². The summed E-state index contributed by atoms with van der Waals surface area (Å²) in [5.74, 6) is 1.24. The van der Waals surface area contributed by atoms with E-state index < -0.39 is 0 Å². The van der Waals surface area contributed by atoms with E-state index in [1.54, 1.807) is 0 Å². The Hall–Kier alpha value is -1.06. The maximum absolute atomic E-state index is 6.02. The first-order chi connectivity index (χ1) is 8.24. The van der Waals surface area contributed by atoms with Gasteiger partial charge in [0.25, 0.3) is 0 Å². The topological polar surface area (TPSA) is 38.1 Å². The zero-order valence-electron chi connectivity index (χ0n) is 9.79. The van der Waals surface area contributed by atoms with Gasteiger partial charge < -0.3 is 9.73 Å². The van der Waals surface area contributed by atoms with E-state index in [1.807, 2.05) is 19.1 Å². The molecule has 4 heteroatoms. The Labute approximate surface area is 105 Å². The lowest BCUT2D eigenvalue weighted by Crippen LogP contribution is -2.28. The minimum atomic E-state index is 0.398. The van der Waals surface area contributed by atoms with Gasteiger partial charge in [-0.3, -0.25) is 0 Å². The molecule has 1 saturated heterocycles. The number of benzene rings is 1. The Morgan fingerprint density at radius 2 is 2.35 bits per heavy atom. The van der Waals surface area contributed by atoms with E-state index in [2.05, 4.69) is 10.3 Å². The normalized spacial score (nSPS) is 20.9. The number of piperidine rings is 1. The van der Waals surface area contributed by atoms with Crippen LogP contribution in [0.25, 0.3) is 11.1 Å². The van der Waals surface area contributed by atoms with Crippen LogP contribution in [-0.4, -0.2) is 18.1 Å². The number of rotatable bonds is 1. The molecule has 0 radical (unpaired) electrons. The molecule has 1 unspecified atom stereocenters. The van der Waals surface area contributed by atoms with Gasteiger partial charge in [-0.2, -0.15) is 0 Å². The van der Waals surface area contributed by atoms with Crippen molar-refractivity contribution in [1.29, 1.82) is 0 Å². The number of fused-ring (bicyclic) bond motifs is 1. The molecule has 2 heterocycles. The van der Waals surface area contributed by atoms with E-state index >= 15 is 0 Å². The fourth-order valence-corrected chi connectivity index (χ4v) is 2.68. The van der Waals surface area contributed by atoms with Crippen LogP contribution in [0.1, 0.15) is 30.2 Å². The number of aryl methyl sites for hydroxylation is 1. The summed E-state index contributed by atoms with van der Waals surface area (Å²) >= 11 is 6.02. The van der Waals surface area contributed by atoms with Crippen molar-refractivity contribution in [3.63, 3.8) is 0 Å². The zero-order valence-corrected chi connectivity index (χ0v) is 10.5. The standard InChI is InChI=1S/C13H15ClN2O/c1-8-5-10(14)6-11-12(8)17-13(16-11)9-3-2-4-15-7-9/h5-6,9,15H,2-4,7H2,1H3. The van der Waals surface area contributed by atoms with Crippen LogP contribution in [0.15, 0.2) is 16.5 Å². The maximum atomic E-state index is 6.02. The fourth-order valence-electron chi connectivity index (χ4n) is 2.41. The molecule has 0 amide bonds. The van der Waals surface area contributed by atoms with Gasteiger partial charge in [-0.25, -0.2) is 4.98 Å². The van der Waals surface area contributed by atoms with E-state index in [1.165, 1.54) is 6.42 Å². The molecule has 0 saturated carbocycles. The van der Waals surface area contributed by atoms with Crippen molar-refractivity contribution in [1.82, 2.24) is 10.3 Å². The Morgan fingerprint density at radius 3 is 3.12 bits per heavy atom. The average molecular weight is 251 g/mol. The van der Waals surface area contributed by atoms with Crippen molar-refractivity contribution in [2.45, 2.75) is 25.7 Å². The molecule has 90 valence electrons. The van der Waals surface area contributed by atoms with Gasteiger partial charge in [0.15, 0.2) is 11.5 Å². The molecule has 0 bridgehead atoms. The molecule has 1 atom stereocenters. The summed E-state index contributed by atoms with van der Waals surface area (Å²) in [5, 5.41) is 4.10. The minimum Gasteiger partial charge on any atom is -0.440 e. The molecule has 1 aliphatic rings. The number of nitrogens with one attached hydrogen (secondary N) is 1. The Balaban J connectivity index is 2.03. The van der Waals surface area contributed by atoms with Crippen LogP contribution in [0.3, 0.4) is 0 Å². The van der Waals surface area contributed by atoms with Gasteiger partial charge in [-0.1, -0.05) is 11.6 Å². The molecule has 1 aromatic heterocycles. The van der Waals surface area contributed by atoms with Crippen LogP contribution >= 0.6 is 11.6 Å². The average Bonchev–Trinajstić information content (AvgIpc) is 2.74. The number of nitrogens with zero attached hydrogens (tertiary/aromatic N) is 1. The lowest BCUT2D eigenvalue weighted by molar-refractivity contribution is 0.387. The zero-order chi connectivity index (χ0) is 11.8. The fraction of sp³-hybridized carbons (Fsp3) is 0.462. The quantitative estimate of drug-likeness (QED) is 0.844. The lowest BCUT2D eigenvalue weighted by Gasteiger charge is -2.19. The molecule has 2 aromatic rings. The molecule has 0 spiro atoms. The third kappa shape index (κ3) is 2.05. The molecule has 1 aliphatic heterocycles. The third-order valence-corrected chi connectivity index (χ3v) is 3.52. The maximum Gasteiger partial charge on any atom is 0.199 e. The molecule has 3 nitrogen and oxygen atoms in total. The van der Waals surface area contributed by atoms with Crippen molar-refractivity contribution in [3.8, 4) is 0 Å². The first kappa shape index (κ1) is 11.1. The highest BCUT2D eigenvalue weighted by Gasteiger charge is 2.21. The third-order valence-electron chi connectivity index (χ3n) is 3.30. The molecular weight excluding hydrogens is 236 g/mol. The van der Waals surface area contributed by atoms with Crippen LogP contribution in [0, 0.1) is 6.92 Å². The Bertz CT molecular complexity index is 544. The highest BCUT2D eigenvalue weighted by molar-refractivity contribution is 6.31. The van der Waals surface area contributed by atoms with E-state index in [-0.39, 0.29) is 0 Å². The van der Waals surface area contributed by atoms with E-state index in [0.29, 0.717) is 5.92 Å². The van der Waals surface area contributed by atoms with Crippen molar-refractivity contribution >= 4 is 22.7 Å². The predicted molar refractivity (Wildman–Crippen MR) is 68.6 cm³/mol. The number of hydrogen-bond acceptors (Lipinski definition) is 3. The van der Waals surface area contributed by atoms with Gasteiger partial charge in [0.2, 0.25) is 0 Å². The number of aromatic nitrogens is 1. The molecular formula is C13H15ClN2O. The van der Waals surface area contributed by atoms with Gasteiger partial charge >= 0.3 is 0 Å². The second-order valence-electron chi connectivity index (χ2n) is 4.67. The minimum absolute atomic E-state index is 0.398. The summed E-state index contributed by atoms with van der Waals surface area (Å²) < 4.78 is 5.88. The SMILES string of the molecule is Cc1cc(Cl)cc2nc(C3CCCNC3)oc12. The summed E-state index contributed by atoms with van der Waals surface area (Å²) in [5.41, 5.74) is 2.79. The number of halogens is 1. The van der Waals surface area contributed by atoms with E-state index in [4.69, 9.17) is 16.0 Å². The Kier molecular flexibility index (Phi) is 2.81.